The molecule has 0 aromatic heterocycles. The number of carboxylic acid groups (broad SMARTS) is 1. The molecule has 0 unspecified atom stereocenters. The molecule has 1 saturated heterocycles. The fourth-order valence-electron chi connectivity index (χ4n) is 2.38. The molecule has 1 aliphatic heterocycles. The Hall–Kier alpha value is -1.71. The van der Waals surface area contributed by atoms with Crippen molar-refractivity contribution in [3.8, 4) is 11.5 Å². The van der Waals surface area contributed by atoms with E-state index in [9.17, 15) is 19.8 Å². The van der Waals surface area contributed by atoms with Crippen LogP contribution in [0.2, 0.25) is 0 Å². The minimum absolute atomic E-state index is 0.0135. The van der Waals surface area contributed by atoms with Crippen LogP contribution in [-0.2, 0) is 9.59 Å². The van der Waals surface area contributed by atoms with Crippen LogP contribution in [0.15, 0.2) is 23.1 Å². The number of thiocarbonyl (C=S) groups is 1. The Morgan fingerprint density at radius 2 is 2.23 bits per heavy atom. The summed E-state index contributed by atoms with van der Waals surface area (Å²) in [5, 5.41) is 19.2. The standard InChI is InChI=1S/C17H19NO5S3/c1-3-23-13-8-10(4-5-12(13)19)9-14-15(20)18(17(24)26-14)11(16(21)22)6-7-25-2/h4-5,8-9,11,19H,3,6-7H2,1-2H3,(H,21,22)/b14-9+/t11-/m0/s1. The third kappa shape index (κ3) is 4.72. The van der Waals surface area contributed by atoms with Gasteiger partial charge in [-0.25, -0.2) is 4.79 Å². The van der Waals surface area contributed by atoms with Gasteiger partial charge in [-0.2, -0.15) is 11.8 Å². The lowest BCUT2D eigenvalue weighted by molar-refractivity contribution is -0.145. The first-order valence-electron chi connectivity index (χ1n) is 7.83. The Bertz CT molecular complexity index is 750. The minimum Gasteiger partial charge on any atom is -0.504 e. The summed E-state index contributed by atoms with van der Waals surface area (Å²) in [5.41, 5.74) is 0.655. The molecule has 0 spiro atoms. The molecule has 0 saturated carbocycles. The number of amides is 1. The average molecular weight is 414 g/mol. The number of hydrogen-bond donors (Lipinski definition) is 2. The number of carbonyl (C=O) groups excluding carboxylic acids is 1. The molecule has 0 bridgehead atoms. The summed E-state index contributed by atoms with van der Waals surface area (Å²) in [7, 11) is 0. The summed E-state index contributed by atoms with van der Waals surface area (Å²) in [4.78, 5) is 25.8. The van der Waals surface area contributed by atoms with Gasteiger partial charge in [-0.3, -0.25) is 9.69 Å². The zero-order chi connectivity index (χ0) is 19.3. The summed E-state index contributed by atoms with van der Waals surface area (Å²) in [6.07, 6.45) is 3.82. The zero-order valence-electron chi connectivity index (χ0n) is 14.3. The van der Waals surface area contributed by atoms with Gasteiger partial charge < -0.3 is 14.9 Å². The van der Waals surface area contributed by atoms with Crippen molar-refractivity contribution in [1.29, 1.82) is 0 Å². The van der Waals surface area contributed by atoms with Crippen molar-refractivity contribution in [2.24, 2.45) is 0 Å². The van der Waals surface area contributed by atoms with Crippen molar-refractivity contribution >= 4 is 58.0 Å². The largest absolute Gasteiger partial charge is 0.504 e. The molecule has 1 amide bonds. The van der Waals surface area contributed by atoms with Crippen molar-refractivity contribution in [3.63, 3.8) is 0 Å². The number of aromatic hydroxyl groups is 1. The van der Waals surface area contributed by atoms with Gasteiger partial charge in [0.15, 0.2) is 11.5 Å². The first-order chi connectivity index (χ1) is 12.4. The normalized spacial score (nSPS) is 17.0. The first-order valence-corrected chi connectivity index (χ1v) is 10.5. The highest BCUT2D eigenvalue weighted by atomic mass is 32.2. The van der Waals surface area contributed by atoms with Gasteiger partial charge >= 0.3 is 5.97 Å². The first kappa shape index (κ1) is 20.6. The van der Waals surface area contributed by atoms with Crippen LogP contribution in [0.5, 0.6) is 11.5 Å². The van der Waals surface area contributed by atoms with E-state index >= 15 is 0 Å². The Morgan fingerprint density at radius 3 is 2.85 bits per heavy atom. The zero-order valence-corrected chi connectivity index (χ0v) is 16.7. The van der Waals surface area contributed by atoms with E-state index in [-0.39, 0.29) is 10.1 Å². The van der Waals surface area contributed by atoms with Gasteiger partial charge in [0.2, 0.25) is 0 Å². The summed E-state index contributed by atoms with van der Waals surface area (Å²) < 4.78 is 5.57. The number of phenols is 1. The van der Waals surface area contributed by atoms with Crippen molar-refractivity contribution in [2.45, 2.75) is 19.4 Å². The highest BCUT2D eigenvalue weighted by Gasteiger charge is 2.40. The van der Waals surface area contributed by atoms with Crippen molar-refractivity contribution in [3.05, 3.63) is 28.7 Å². The molecular weight excluding hydrogens is 394 g/mol. The number of carbonyl (C=O) groups is 2. The second-order valence-corrected chi connectivity index (χ2v) is 8.01. The Kier molecular flexibility index (Phi) is 7.36. The van der Waals surface area contributed by atoms with E-state index in [2.05, 4.69) is 0 Å². The molecular formula is C17H19NO5S3. The molecule has 2 N–H and O–H groups in total. The molecule has 1 heterocycles. The predicted molar refractivity (Wildman–Crippen MR) is 109 cm³/mol. The smallest absolute Gasteiger partial charge is 0.326 e. The third-order valence-electron chi connectivity index (χ3n) is 3.60. The number of hydrogen-bond acceptors (Lipinski definition) is 7. The number of rotatable bonds is 8. The lowest BCUT2D eigenvalue weighted by atomic mass is 10.1. The maximum absolute atomic E-state index is 12.7. The molecule has 140 valence electrons. The Balaban J connectivity index is 2.28. The molecule has 1 atom stereocenters. The van der Waals surface area contributed by atoms with Crippen LogP contribution in [-0.4, -0.2) is 56.0 Å². The summed E-state index contributed by atoms with van der Waals surface area (Å²) >= 11 is 7.83. The predicted octanol–water partition coefficient (Wildman–Crippen LogP) is 3.20. The van der Waals surface area contributed by atoms with Gasteiger partial charge in [-0.1, -0.05) is 30.0 Å². The van der Waals surface area contributed by atoms with Gasteiger partial charge in [0.25, 0.3) is 5.91 Å². The molecule has 0 aliphatic carbocycles. The maximum atomic E-state index is 12.7. The number of aliphatic carboxylic acids is 1. The molecule has 0 radical (unpaired) electrons. The number of benzene rings is 1. The molecule has 1 aromatic rings. The molecule has 1 fully saturated rings. The molecule has 1 aromatic carbocycles. The minimum atomic E-state index is -1.07. The molecule has 2 rings (SSSR count). The van der Waals surface area contributed by atoms with E-state index in [1.807, 2.05) is 6.26 Å². The number of ether oxygens (including phenoxy) is 1. The van der Waals surface area contributed by atoms with Crippen molar-refractivity contribution in [2.75, 3.05) is 18.6 Å². The number of phenolic OH excluding ortho intramolecular Hbond substituents is 1. The average Bonchev–Trinajstić information content (AvgIpc) is 2.86. The highest BCUT2D eigenvalue weighted by Crippen LogP contribution is 2.36. The van der Waals surface area contributed by atoms with Crippen LogP contribution in [0.4, 0.5) is 0 Å². The summed E-state index contributed by atoms with van der Waals surface area (Å²) in [6.45, 7) is 2.20. The monoisotopic (exact) mass is 413 g/mol. The molecule has 1 aliphatic rings. The number of thioether (sulfide) groups is 2. The fraction of sp³-hybridized carbons (Fsp3) is 0.353. The number of nitrogens with zero attached hydrogens (tertiary/aromatic N) is 1. The second kappa shape index (κ2) is 9.29. The van der Waals surface area contributed by atoms with Gasteiger partial charge in [-0.05, 0) is 49.1 Å². The van der Waals surface area contributed by atoms with Gasteiger partial charge in [0, 0.05) is 0 Å². The van der Waals surface area contributed by atoms with Crippen LogP contribution < -0.4 is 4.74 Å². The van der Waals surface area contributed by atoms with Crippen LogP contribution in [0.1, 0.15) is 18.9 Å². The van der Waals surface area contributed by atoms with E-state index in [4.69, 9.17) is 17.0 Å². The number of carboxylic acids is 1. The second-order valence-electron chi connectivity index (χ2n) is 5.35. The van der Waals surface area contributed by atoms with Crippen LogP contribution in [0, 0.1) is 0 Å². The van der Waals surface area contributed by atoms with Crippen LogP contribution >= 0.6 is 35.7 Å². The summed E-state index contributed by atoms with van der Waals surface area (Å²) in [5.74, 6) is -0.540. The van der Waals surface area contributed by atoms with Gasteiger partial charge in [-0.15, -0.1) is 0 Å². The van der Waals surface area contributed by atoms with E-state index in [0.29, 0.717) is 35.0 Å². The summed E-state index contributed by atoms with van der Waals surface area (Å²) in [6, 6.07) is 3.77. The molecule has 9 heteroatoms. The van der Waals surface area contributed by atoms with Gasteiger partial charge in [0.1, 0.15) is 10.4 Å². The lowest BCUT2D eigenvalue weighted by Crippen LogP contribution is -2.44. The Morgan fingerprint density at radius 1 is 1.50 bits per heavy atom. The van der Waals surface area contributed by atoms with Crippen LogP contribution in [0.25, 0.3) is 6.08 Å². The highest BCUT2D eigenvalue weighted by molar-refractivity contribution is 8.26. The van der Waals surface area contributed by atoms with Gasteiger partial charge in [0.05, 0.1) is 11.5 Å². The molecule has 6 nitrogen and oxygen atoms in total. The van der Waals surface area contributed by atoms with E-state index < -0.39 is 17.9 Å². The lowest BCUT2D eigenvalue weighted by Gasteiger charge is -2.22. The fourth-order valence-corrected chi connectivity index (χ4v) is 4.20. The van der Waals surface area contributed by atoms with Crippen LogP contribution in [0.3, 0.4) is 0 Å². The Labute approximate surface area is 165 Å². The SMILES string of the molecule is CCOc1cc(/C=C2/SC(=S)N([C@@H](CCSC)C(=O)O)C2=O)ccc1O. The van der Waals surface area contributed by atoms with E-state index in [1.54, 1.807) is 25.1 Å². The van der Waals surface area contributed by atoms with Crippen molar-refractivity contribution in [1.82, 2.24) is 4.90 Å². The van der Waals surface area contributed by atoms with Crippen molar-refractivity contribution < 1.29 is 24.5 Å². The maximum Gasteiger partial charge on any atom is 0.326 e. The third-order valence-corrected chi connectivity index (χ3v) is 5.57. The quantitative estimate of drug-likeness (QED) is 0.496. The topological polar surface area (TPSA) is 87.1 Å². The van der Waals surface area contributed by atoms with E-state index in [0.717, 1.165) is 11.8 Å². The molecule has 26 heavy (non-hydrogen) atoms. The van der Waals surface area contributed by atoms with E-state index in [1.165, 1.54) is 22.7 Å².